The number of rotatable bonds is 5. The van der Waals surface area contributed by atoms with E-state index in [1.807, 2.05) is 50.8 Å². The van der Waals surface area contributed by atoms with Gasteiger partial charge in [-0.25, -0.2) is 0 Å². The highest BCUT2D eigenvalue weighted by molar-refractivity contribution is 5.94. The number of carbonyl (C=O) groups excluding carboxylic acids is 1. The number of ketones is 1. The van der Waals surface area contributed by atoms with Crippen LogP contribution in [-0.4, -0.2) is 30.7 Å². The molecule has 1 aromatic heterocycles. The van der Waals surface area contributed by atoms with Crippen LogP contribution in [0, 0.1) is 0 Å². The van der Waals surface area contributed by atoms with Gasteiger partial charge in [0, 0.05) is 37.2 Å². The predicted octanol–water partition coefficient (Wildman–Crippen LogP) is 4.50. The van der Waals surface area contributed by atoms with E-state index in [1.165, 1.54) is 0 Å². The van der Waals surface area contributed by atoms with Crippen molar-refractivity contribution in [1.29, 1.82) is 0 Å². The molecule has 0 aliphatic heterocycles. The monoisotopic (exact) mass is 331 g/mol. The summed E-state index contributed by atoms with van der Waals surface area (Å²) in [5, 5.41) is 0. The first-order valence-corrected chi connectivity index (χ1v) is 8.15. The van der Waals surface area contributed by atoms with Gasteiger partial charge < -0.3 is 9.47 Å². The lowest BCUT2D eigenvalue weighted by Gasteiger charge is -2.13. The van der Waals surface area contributed by atoms with Gasteiger partial charge in [0.15, 0.2) is 5.78 Å². The molecule has 4 nitrogen and oxygen atoms in total. The van der Waals surface area contributed by atoms with E-state index >= 15 is 0 Å². The fourth-order valence-corrected chi connectivity index (χ4v) is 2.57. The van der Waals surface area contributed by atoms with Crippen LogP contribution in [0.15, 0.2) is 71.9 Å². The lowest BCUT2D eigenvalue weighted by molar-refractivity contribution is 0.101. The number of hydrogen-bond acceptors (Lipinski definition) is 3. The smallest absolute Gasteiger partial charge is 0.159 e. The van der Waals surface area contributed by atoms with Gasteiger partial charge in [-0.05, 0) is 67.6 Å². The van der Waals surface area contributed by atoms with E-state index in [2.05, 4.69) is 38.7 Å². The Kier molecular flexibility index (Phi) is 4.80. The quantitative estimate of drug-likeness (QED) is 0.510. The third kappa shape index (κ3) is 3.86. The Morgan fingerprint density at radius 1 is 1.00 bits per heavy atom. The third-order valence-corrected chi connectivity index (χ3v) is 4.04. The normalized spacial score (nSPS) is 11.0. The predicted molar refractivity (Wildman–Crippen MR) is 104 cm³/mol. The van der Waals surface area contributed by atoms with Crippen molar-refractivity contribution in [3.05, 3.63) is 78.1 Å². The van der Waals surface area contributed by atoms with Crippen molar-refractivity contribution in [2.45, 2.75) is 6.92 Å². The maximum Gasteiger partial charge on any atom is 0.159 e. The summed E-state index contributed by atoms with van der Waals surface area (Å²) in [7, 11) is 4.06. The minimum Gasteiger partial charge on any atom is -0.378 e. The summed E-state index contributed by atoms with van der Waals surface area (Å²) in [5.74, 6) is 0.0607. The molecule has 0 fully saturated rings. The lowest BCUT2D eigenvalue weighted by atomic mass is 10.1. The molecule has 0 atom stereocenters. The van der Waals surface area contributed by atoms with Gasteiger partial charge in [-0.1, -0.05) is 0 Å². The Morgan fingerprint density at radius 3 is 2.28 bits per heavy atom. The highest BCUT2D eigenvalue weighted by Crippen LogP contribution is 2.18. The van der Waals surface area contributed by atoms with Gasteiger partial charge in [-0.2, -0.15) is 0 Å². The summed E-state index contributed by atoms with van der Waals surface area (Å²) < 4.78 is 2.09. The minimum absolute atomic E-state index is 0.0607. The van der Waals surface area contributed by atoms with Crippen LogP contribution in [0.1, 0.15) is 23.0 Å². The number of carbonyl (C=O) groups is 1. The van der Waals surface area contributed by atoms with Crippen LogP contribution in [0.5, 0.6) is 0 Å². The summed E-state index contributed by atoms with van der Waals surface area (Å²) in [6, 6.07) is 19.7. The number of Topliss-reactive ketones (excluding diaryl/α,β-unsaturated/α-hetero) is 1. The first kappa shape index (κ1) is 16.7. The highest BCUT2D eigenvalue weighted by atomic mass is 16.1. The molecule has 2 aromatic carbocycles. The zero-order valence-corrected chi connectivity index (χ0v) is 14.7. The van der Waals surface area contributed by atoms with Crippen LogP contribution in [0.3, 0.4) is 0 Å². The Morgan fingerprint density at radius 2 is 1.68 bits per heavy atom. The maximum atomic E-state index is 11.3. The van der Waals surface area contributed by atoms with Crippen LogP contribution >= 0.6 is 0 Å². The molecule has 0 unspecified atom stereocenters. The highest BCUT2D eigenvalue weighted by Gasteiger charge is 2.03. The van der Waals surface area contributed by atoms with Crippen LogP contribution < -0.4 is 4.90 Å². The average Bonchev–Trinajstić information content (AvgIpc) is 3.09. The zero-order chi connectivity index (χ0) is 17.8. The average molecular weight is 331 g/mol. The first-order valence-electron chi connectivity index (χ1n) is 8.15. The number of nitrogens with zero attached hydrogens (tertiary/aromatic N) is 3. The van der Waals surface area contributed by atoms with Crippen molar-refractivity contribution < 1.29 is 4.79 Å². The third-order valence-electron chi connectivity index (χ3n) is 4.04. The fourth-order valence-electron chi connectivity index (χ4n) is 2.57. The zero-order valence-electron chi connectivity index (χ0n) is 14.7. The van der Waals surface area contributed by atoms with E-state index in [1.54, 1.807) is 19.1 Å². The van der Waals surface area contributed by atoms with Crippen molar-refractivity contribution in [2.24, 2.45) is 4.99 Å². The molecule has 3 aromatic rings. The second kappa shape index (κ2) is 7.18. The number of aromatic nitrogens is 1. The van der Waals surface area contributed by atoms with Gasteiger partial charge in [-0.15, -0.1) is 0 Å². The molecule has 0 radical (unpaired) electrons. The van der Waals surface area contributed by atoms with Crippen LogP contribution in [0.25, 0.3) is 5.69 Å². The fraction of sp³-hybridized carbons (Fsp3) is 0.143. The van der Waals surface area contributed by atoms with Crippen molar-refractivity contribution >= 4 is 23.4 Å². The summed E-state index contributed by atoms with van der Waals surface area (Å²) in [5.41, 5.74) is 4.76. The second-order valence-corrected chi connectivity index (χ2v) is 6.08. The molecule has 3 rings (SSSR count). The lowest BCUT2D eigenvalue weighted by Crippen LogP contribution is -2.08. The van der Waals surface area contributed by atoms with Gasteiger partial charge in [0.25, 0.3) is 0 Å². The Hall–Kier alpha value is -3.14. The van der Waals surface area contributed by atoms with Crippen molar-refractivity contribution in [2.75, 3.05) is 19.0 Å². The molecule has 0 saturated carbocycles. The van der Waals surface area contributed by atoms with E-state index in [4.69, 9.17) is 0 Å². The molecule has 0 N–H and O–H groups in total. The second-order valence-electron chi connectivity index (χ2n) is 6.08. The molecular formula is C21H21N3O. The number of aliphatic imine (C=N–C) groups is 1. The Labute approximate surface area is 148 Å². The summed E-state index contributed by atoms with van der Waals surface area (Å²) in [4.78, 5) is 17.9. The molecule has 0 aliphatic rings. The molecule has 4 heteroatoms. The Balaban J connectivity index is 1.82. The van der Waals surface area contributed by atoms with Crippen molar-refractivity contribution in [1.82, 2.24) is 4.57 Å². The van der Waals surface area contributed by atoms with Gasteiger partial charge in [0.2, 0.25) is 0 Å². The molecule has 0 spiro atoms. The summed E-state index contributed by atoms with van der Waals surface area (Å²) in [6.07, 6.45) is 3.85. The molecule has 0 bridgehead atoms. The topological polar surface area (TPSA) is 37.6 Å². The van der Waals surface area contributed by atoms with E-state index in [0.29, 0.717) is 5.56 Å². The largest absolute Gasteiger partial charge is 0.378 e. The van der Waals surface area contributed by atoms with Gasteiger partial charge in [0.05, 0.1) is 17.6 Å². The molecule has 0 saturated heterocycles. The standard InChI is InChI=1S/C21H21N3O/c1-16(25)17-6-8-18(9-7-17)22-15-21-5-4-14-24(21)20-12-10-19(11-13-20)23(2)3/h4-15H,1-3H3. The summed E-state index contributed by atoms with van der Waals surface area (Å²) >= 11 is 0. The molecule has 1 heterocycles. The molecule has 126 valence electrons. The van der Waals surface area contributed by atoms with Crippen LogP contribution in [-0.2, 0) is 0 Å². The number of anilines is 1. The van der Waals surface area contributed by atoms with Crippen LogP contribution in [0.4, 0.5) is 11.4 Å². The molecular weight excluding hydrogens is 310 g/mol. The van der Waals surface area contributed by atoms with E-state index in [9.17, 15) is 4.79 Å². The van der Waals surface area contributed by atoms with E-state index in [-0.39, 0.29) is 5.78 Å². The number of benzene rings is 2. The van der Waals surface area contributed by atoms with Crippen molar-refractivity contribution in [3.63, 3.8) is 0 Å². The van der Waals surface area contributed by atoms with Gasteiger partial charge >= 0.3 is 0 Å². The summed E-state index contributed by atoms with van der Waals surface area (Å²) in [6.45, 7) is 1.56. The van der Waals surface area contributed by atoms with Gasteiger partial charge in [0.1, 0.15) is 0 Å². The maximum absolute atomic E-state index is 11.3. The Bertz CT molecular complexity index is 888. The SMILES string of the molecule is CC(=O)c1ccc(N=Cc2cccn2-c2ccc(N(C)C)cc2)cc1. The van der Waals surface area contributed by atoms with Crippen LogP contribution in [0.2, 0.25) is 0 Å². The van der Waals surface area contributed by atoms with Crippen molar-refractivity contribution in [3.8, 4) is 5.69 Å². The first-order chi connectivity index (χ1) is 12.0. The minimum atomic E-state index is 0.0607. The molecule has 0 amide bonds. The van der Waals surface area contributed by atoms with E-state index < -0.39 is 0 Å². The van der Waals surface area contributed by atoms with E-state index in [0.717, 1.165) is 22.8 Å². The molecule has 25 heavy (non-hydrogen) atoms. The number of hydrogen-bond donors (Lipinski definition) is 0. The van der Waals surface area contributed by atoms with Gasteiger partial charge in [-0.3, -0.25) is 9.79 Å². The molecule has 0 aliphatic carbocycles.